The third-order valence-electron chi connectivity index (χ3n) is 6.51. The summed E-state index contributed by atoms with van der Waals surface area (Å²) in [5, 5.41) is 7.64. The Morgan fingerprint density at radius 3 is 2.74 bits per heavy atom. The van der Waals surface area contributed by atoms with Gasteiger partial charge in [-0.2, -0.15) is 0 Å². The van der Waals surface area contributed by atoms with Crippen LogP contribution in [0.15, 0.2) is 45.9 Å². The highest BCUT2D eigenvalue weighted by Crippen LogP contribution is 2.31. The third kappa shape index (κ3) is 6.00. The normalized spacial score (nSPS) is 22.2. The number of halogens is 1. The third-order valence-corrected chi connectivity index (χ3v) is 6.51. The number of hydrogen-bond acceptors (Lipinski definition) is 4. The van der Waals surface area contributed by atoms with Crippen LogP contribution in [0, 0.1) is 5.92 Å². The maximum atomic E-state index is 5.47. The molecule has 3 heterocycles. The molecule has 2 unspecified atom stereocenters. The first-order valence-electron chi connectivity index (χ1n) is 11.3. The van der Waals surface area contributed by atoms with Crippen molar-refractivity contribution in [2.45, 2.75) is 58.2 Å². The highest BCUT2D eigenvalue weighted by Gasteiger charge is 2.36. The van der Waals surface area contributed by atoms with Crippen molar-refractivity contribution in [3.63, 3.8) is 0 Å². The van der Waals surface area contributed by atoms with Gasteiger partial charge in [0.1, 0.15) is 0 Å². The first-order chi connectivity index (χ1) is 14.6. The smallest absolute Gasteiger partial charge is 0.194 e. The molecular formula is C24H36IN5O. The summed E-state index contributed by atoms with van der Waals surface area (Å²) in [6.45, 7) is 9.28. The Morgan fingerprint density at radius 2 is 2.03 bits per heavy atom. The van der Waals surface area contributed by atoms with E-state index in [4.69, 9.17) is 4.52 Å². The van der Waals surface area contributed by atoms with Gasteiger partial charge in [0.2, 0.25) is 0 Å². The van der Waals surface area contributed by atoms with Crippen LogP contribution >= 0.6 is 24.0 Å². The van der Waals surface area contributed by atoms with E-state index >= 15 is 0 Å². The Morgan fingerprint density at radius 1 is 1.23 bits per heavy atom. The van der Waals surface area contributed by atoms with Gasteiger partial charge in [0.05, 0.1) is 12.2 Å². The van der Waals surface area contributed by atoms with Gasteiger partial charge in [0.15, 0.2) is 11.7 Å². The van der Waals surface area contributed by atoms with Crippen LogP contribution in [0.3, 0.4) is 0 Å². The molecule has 2 aliphatic rings. The van der Waals surface area contributed by atoms with E-state index < -0.39 is 0 Å². The van der Waals surface area contributed by atoms with E-state index in [9.17, 15) is 0 Å². The second-order valence-corrected chi connectivity index (χ2v) is 8.93. The molecule has 0 bridgehead atoms. The molecule has 4 rings (SSSR count). The molecular weight excluding hydrogens is 501 g/mol. The van der Waals surface area contributed by atoms with Crippen LogP contribution in [0.4, 0.5) is 0 Å². The van der Waals surface area contributed by atoms with Crippen molar-refractivity contribution in [3.05, 3.63) is 53.4 Å². The largest absolute Gasteiger partial charge is 0.359 e. The van der Waals surface area contributed by atoms with E-state index in [1.165, 1.54) is 31.4 Å². The van der Waals surface area contributed by atoms with E-state index in [1.807, 2.05) is 13.1 Å². The lowest BCUT2D eigenvalue weighted by atomic mass is 9.83. The summed E-state index contributed by atoms with van der Waals surface area (Å²) in [7, 11) is 1.87. The maximum absolute atomic E-state index is 5.47. The lowest BCUT2D eigenvalue weighted by Gasteiger charge is -2.48. The molecule has 2 aliphatic heterocycles. The van der Waals surface area contributed by atoms with Crippen molar-refractivity contribution in [1.29, 1.82) is 0 Å². The fourth-order valence-electron chi connectivity index (χ4n) is 4.90. The van der Waals surface area contributed by atoms with Gasteiger partial charge in [0.25, 0.3) is 0 Å². The van der Waals surface area contributed by atoms with Crippen molar-refractivity contribution in [2.24, 2.45) is 10.9 Å². The summed E-state index contributed by atoms with van der Waals surface area (Å²) in [5.41, 5.74) is 2.43. The number of benzene rings is 1. The zero-order chi connectivity index (χ0) is 20.9. The van der Waals surface area contributed by atoms with Gasteiger partial charge < -0.3 is 14.7 Å². The highest BCUT2D eigenvalue weighted by atomic mass is 127. The molecule has 0 spiro atoms. The quantitative estimate of drug-likeness (QED) is 0.347. The molecule has 6 nitrogen and oxygen atoms in total. The van der Waals surface area contributed by atoms with Crippen LogP contribution in [-0.4, -0.2) is 53.6 Å². The Balaban J connectivity index is 0.00000272. The Labute approximate surface area is 203 Å². The number of aliphatic imine (C=N–C) groups is 1. The average Bonchev–Trinajstić information content (AvgIpc) is 3.24. The average molecular weight is 537 g/mol. The topological polar surface area (TPSA) is 56.9 Å². The van der Waals surface area contributed by atoms with Gasteiger partial charge in [0, 0.05) is 38.8 Å². The monoisotopic (exact) mass is 537 g/mol. The number of nitrogens with zero attached hydrogens (tertiary/aromatic N) is 4. The number of likely N-dealkylation sites (tertiary alicyclic amines) is 2. The van der Waals surface area contributed by atoms with Gasteiger partial charge in [-0.25, -0.2) is 0 Å². The van der Waals surface area contributed by atoms with Gasteiger partial charge in [-0.05, 0) is 43.2 Å². The lowest BCUT2D eigenvalue weighted by molar-refractivity contribution is 0.0372. The van der Waals surface area contributed by atoms with Gasteiger partial charge in [-0.15, -0.1) is 24.0 Å². The molecule has 1 aromatic carbocycles. The molecule has 2 atom stereocenters. The van der Waals surface area contributed by atoms with Crippen molar-refractivity contribution in [3.8, 4) is 0 Å². The number of aromatic nitrogens is 1. The number of hydrogen-bond donors (Lipinski definition) is 1. The van der Waals surface area contributed by atoms with E-state index in [1.54, 1.807) is 0 Å². The first-order valence-corrected chi connectivity index (χ1v) is 11.3. The second kappa shape index (κ2) is 11.3. The summed E-state index contributed by atoms with van der Waals surface area (Å²) in [4.78, 5) is 9.68. The highest BCUT2D eigenvalue weighted by molar-refractivity contribution is 14.0. The van der Waals surface area contributed by atoms with Gasteiger partial charge in [-0.1, -0.05) is 49.3 Å². The molecule has 2 fully saturated rings. The number of guanidine groups is 1. The Bertz CT molecular complexity index is 838. The van der Waals surface area contributed by atoms with E-state index in [0.29, 0.717) is 24.4 Å². The molecule has 170 valence electrons. The van der Waals surface area contributed by atoms with Crippen LogP contribution in [0.25, 0.3) is 0 Å². The molecule has 2 aromatic rings. The molecule has 0 saturated carbocycles. The van der Waals surface area contributed by atoms with Crippen molar-refractivity contribution >= 4 is 29.9 Å². The van der Waals surface area contributed by atoms with Gasteiger partial charge in [-0.3, -0.25) is 9.89 Å². The van der Waals surface area contributed by atoms with Crippen LogP contribution in [0.5, 0.6) is 0 Å². The molecule has 0 amide bonds. The van der Waals surface area contributed by atoms with E-state index in [0.717, 1.165) is 37.0 Å². The first kappa shape index (κ1) is 24.0. The summed E-state index contributed by atoms with van der Waals surface area (Å²) in [6.07, 6.45) is 3.78. The molecule has 1 aromatic heterocycles. The number of fused-ring (bicyclic) bond motifs is 1. The van der Waals surface area contributed by atoms with Crippen molar-refractivity contribution in [1.82, 2.24) is 20.3 Å². The zero-order valence-electron chi connectivity index (χ0n) is 19.0. The van der Waals surface area contributed by atoms with E-state index in [-0.39, 0.29) is 24.0 Å². The van der Waals surface area contributed by atoms with Gasteiger partial charge >= 0.3 is 0 Å². The number of rotatable bonds is 5. The minimum Gasteiger partial charge on any atom is -0.359 e. The summed E-state index contributed by atoms with van der Waals surface area (Å²) in [6, 6.07) is 13.6. The Kier molecular flexibility index (Phi) is 8.77. The fraction of sp³-hybridized carbons (Fsp3) is 0.583. The lowest BCUT2D eigenvalue weighted by Crippen LogP contribution is -2.56. The number of piperidine rings is 2. The van der Waals surface area contributed by atoms with Crippen LogP contribution in [-0.2, 0) is 13.1 Å². The fourth-order valence-corrected chi connectivity index (χ4v) is 4.90. The predicted molar refractivity (Wildman–Crippen MR) is 136 cm³/mol. The predicted octanol–water partition coefficient (Wildman–Crippen LogP) is 4.48. The van der Waals surface area contributed by atoms with Crippen LogP contribution < -0.4 is 5.32 Å². The molecule has 31 heavy (non-hydrogen) atoms. The summed E-state index contributed by atoms with van der Waals surface area (Å²) in [5.74, 6) is 2.91. The van der Waals surface area contributed by atoms with Crippen LogP contribution in [0.2, 0.25) is 0 Å². The Hall–Kier alpha value is -1.61. The molecule has 0 aliphatic carbocycles. The van der Waals surface area contributed by atoms with E-state index in [2.05, 4.69) is 69.4 Å². The zero-order valence-corrected chi connectivity index (χ0v) is 21.3. The van der Waals surface area contributed by atoms with Crippen molar-refractivity contribution < 1.29 is 4.52 Å². The standard InChI is InChI=1S/C24H35N5O.HI/c1-18(2)22-14-21(30-27-22)15-26-24(25-3)29-13-11-23-20(17-29)10-7-12-28(23)16-19-8-5-4-6-9-19;/h4-6,8-9,14,18,20,23H,7,10-13,15-17H2,1-3H3,(H,25,26);1H. The SMILES string of the molecule is CN=C(NCc1cc(C(C)C)no1)N1CCC2C(CCCN2Cc2ccccc2)C1.I. The van der Waals surface area contributed by atoms with Crippen molar-refractivity contribution in [2.75, 3.05) is 26.7 Å². The minimum absolute atomic E-state index is 0. The summed E-state index contributed by atoms with van der Waals surface area (Å²) < 4.78 is 5.47. The second-order valence-electron chi connectivity index (χ2n) is 8.93. The maximum Gasteiger partial charge on any atom is 0.194 e. The molecule has 0 radical (unpaired) electrons. The molecule has 7 heteroatoms. The molecule has 1 N–H and O–H groups in total. The molecule has 2 saturated heterocycles. The van der Waals surface area contributed by atoms with Crippen LogP contribution in [0.1, 0.15) is 56.0 Å². The summed E-state index contributed by atoms with van der Waals surface area (Å²) >= 11 is 0. The minimum atomic E-state index is 0. The number of nitrogens with one attached hydrogen (secondary N) is 1.